The number of hydrogen-bond donors (Lipinski definition) is 1. The third kappa shape index (κ3) is 3.24. The molecule has 1 saturated heterocycles. The Morgan fingerprint density at radius 3 is 2.74 bits per heavy atom. The van der Waals surface area contributed by atoms with Gasteiger partial charge >= 0.3 is 11.8 Å². The number of nitrogens with two attached hydrogens (primary N) is 1. The smallest absolute Gasteiger partial charge is 0.312 e. The summed E-state index contributed by atoms with van der Waals surface area (Å²) in [6.07, 6.45) is 2.98. The number of hydrogen-bond acceptors (Lipinski definition) is 3. The molecule has 124 valence electrons. The summed E-state index contributed by atoms with van der Waals surface area (Å²) >= 11 is 0. The first-order valence-corrected chi connectivity index (χ1v) is 8.36. The van der Waals surface area contributed by atoms with Crippen molar-refractivity contribution in [2.24, 2.45) is 11.7 Å². The number of carbonyl (C=O) groups is 2. The molecule has 2 aliphatic heterocycles. The normalized spacial score (nSPS) is 25.0. The van der Waals surface area contributed by atoms with E-state index in [2.05, 4.69) is 37.1 Å². The fourth-order valence-electron chi connectivity index (χ4n) is 3.79. The van der Waals surface area contributed by atoms with E-state index >= 15 is 0 Å². The van der Waals surface area contributed by atoms with Crippen LogP contribution < -0.4 is 5.73 Å². The second-order valence-corrected chi connectivity index (χ2v) is 7.04. The Hall–Kier alpha value is -1.88. The summed E-state index contributed by atoms with van der Waals surface area (Å²) < 4.78 is 0. The molecule has 2 amide bonds. The van der Waals surface area contributed by atoms with Gasteiger partial charge in [-0.3, -0.25) is 9.59 Å². The average molecular weight is 315 g/mol. The third-order valence-corrected chi connectivity index (χ3v) is 5.11. The molecule has 0 saturated carbocycles. The molecule has 5 heteroatoms. The van der Waals surface area contributed by atoms with Crippen LogP contribution in [0.3, 0.4) is 0 Å². The number of nitrogens with zero attached hydrogens (tertiary/aromatic N) is 2. The minimum atomic E-state index is -0.858. The Bertz CT molecular complexity index is 629. The van der Waals surface area contributed by atoms with Crippen molar-refractivity contribution in [3.63, 3.8) is 0 Å². The van der Waals surface area contributed by atoms with Gasteiger partial charge in [0.15, 0.2) is 0 Å². The predicted octanol–water partition coefficient (Wildman–Crippen LogP) is 1.46. The molecule has 23 heavy (non-hydrogen) atoms. The lowest BCUT2D eigenvalue weighted by Gasteiger charge is -2.38. The van der Waals surface area contributed by atoms with E-state index in [1.165, 1.54) is 11.1 Å². The summed E-state index contributed by atoms with van der Waals surface area (Å²) in [6, 6.07) is 6.48. The Balaban J connectivity index is 1.89. The number of piperidine rings is 1. The highest BCUT2D eigenvalue weighted by atomic mass is 16.2. The van der Waals surface area contributed by atoms with Gasteiger partial charge in [0.25, 0.3) is 0 Å². The van der Waals surface area contributed by atoms with Gasteiger partial charge in [-0.25, -0.2) is 0 Å². The summed E-state index contributed by atoms with van der Waals surface area (Å²) in [4.78, 5) is 27.6. The van der Waals surface area contributed by atoms with Gasteiger partial charge in [-0.15, -0.1) is 0 Å². The molecule has 0 radical (unpaired) electrons. The van der Waals surface area contributed by atoms with Gasteiger partial charge in [-0.2, -0.15) is 0 Å². The lowest BCUT2D eigenvalue weighted by atomic mass is 9.87. The number of carbonyl (C=O) groups excluding carboxylic acids is 2. The van der Waals surface area contributed by atoms with E-state index < -0.39 is 11.8 Å². The van der Waals surface area contributed by atoms with E-state index in [-0.39, 0.29) is 6.04 Å². The van der Waals surface area contributed by atoms with Gasteiger partial charge in [0.2, 0.25) is 0 Å². The number of fused-ring (bicyclic) bond motifs is 1. The molecule has 0 aromatic heterocycles. The van der Waals surface area contributed by atoms with Crippen molar-refractivity contribution in [3.05, 3.63) is 34.9 Å². The number of benzene rings is 1. The van der Waals surface area contributed by atoms with Crippen LogP contribution in [0.4, 0.5) is 0 Å². The maximum absolute atomic E-state index is 12.2. The molecule has 2 N–H and O–H groups in total. The molecule has 1 fully saturated rings. The number of rotatable bonds is 1. The Labute approximate surface area is 137 Å². The zero-order valence-corrected chi connectivity index (χ0v) is 13.9. The fourth-order valence-corrected chi connectivity index (χ4v) is 3.79. The summed E-state index contributed by atoms with van der Waals surface area (Å²) in [7, 11) is 2.13. The van der Waals surface area contributed by atoms with E-state index in [4.69, 9.17) is 5.73 Å². The maximum Gasteiger partial charge on any atom is 0.312 e. The molecular weight excluding hydrogens is 290 g/mol. The number of amides is 2. The lowest BCUT2D eigenvalue weighted by Crippen LogP contribution is -2.47. The van der Waals surface area contributed by atoms with Crippen molar-refractivity contribution >= 4 is 11.8 Å². The highest BCUT2D eigenvalue weighted by Gasteiger charge is 2.33. The van der Waals surface area contributed by atoms with Crippen LogP contribution in [0.25, 0.3) is 0 Å². The first kappa shape index (κ1) is 16.0. The lowest BCUT2D eigenvalue weighted by molar-refractivity contribution is -0.147. The molecule has 0 bridgehead atoms. The SMILES string of the molecule is C[C@H]1CC[C@H](c2ccc3c(c2)CCN(C)C3)N(C(=O)C(N)=O)C1. The number of primary amides is 1. The summed E-state index contributed by atoms with van der Waals surface area (Å²) in [5.41, 5.74) is 9.10. The first-order chi connectivity index (χ1) is 11.0. The van der Waals surface area contributed by atoms with Crippen molar-refractivity contribution in [2.45, 2.75) is 38.8 Å². The monoisotopic (exact) mass is 315 g/mol. The maximum atomic E-state index is 12.2. The van der Waals surface area contributed by atoms with Crippen LogP contribution in [0.1, 0.15) is 42.5 Å². The fraction of sp³-hybridized carbons (Fsp3) is 0.556. The predicted molar refractivity (Wildman–Crippen MR) is 88.5 cm³/mol. The van der Waals surface area contributed by atoms with Crippen LogP contribution in [0.2, 0.25) is 0 Å². The van der Waals surface area contributed by atoms with E-state index in [1.807, 2.05) is 0 Å². The minimum Gasteiger partial charge on any atom is -0.361 e. The third-order valence-electron chi connectivity index (χ3n) is 5.11. The van der Waals surface area contributed by atoms with Gasteiger partial charge in [-0.05, 0) is 48.9 Å². The summed E-state index contributed by atoms with van der Waals surface area (Å²) in [6.45, 7) is 4.75. The average Bonchev–Trinajstić information content (AvgIpc) is 2.53. The van der Waals surface area contributed by atoms with Crippen molar-refractivity contribution in [1.29, 1.82) is 0 Å². The summed E-state index contributed by atoms with van der Waals surface area (Å²) in [5.74, 6) is -1.01. The highest BCUT2D eigenvalue weighted by molar-refractivity contribution is 6.34. The Kier molecular flexibility index (Phi) is 4.39. The Morgan fingerprint density at radius 1 is 1.22 bits per heavy atom. The largest absolute Gasteiger partial charge is 0.361 e. The molecule has 5 nitrogen and oxygen atoms in total. The zero-order chi connectivity index (χ0) is 16.6. The highest BCUT2D eigenvalue weighted by Crippen LogP contribution is 2.34. The van der Waals surface area contributed by atoms with Gasteiger partial charge in [-0.1, -0.05) is 25.1 Å². The van der Waals surface area contributed by atoms with Crippen LogP contribution in [-0.2, 0) is 22.6 Å². The molecule has 2 atom stereocenters. The minimum absolute atomic E-state index is 0.0313. The van der Waals surface area contributed by atoms with Crippen LogP contribution in [0.15, 0.2) is 18.2 Å². The van der Waals surface area contributed by atoms with Gasteiger partial charge in [0.1, 0.15) is 0 Å². The molecular formula is C18H25N3O2. The van der Waals surface area contributed by atoms with E-state index in [9.17, 15) is 9.59 Å². The quantitative estimate of drug-likeness (QED) is 0.798. The van der Waals surface area contributed by atoms with E-state index in [1.54, 1.807) is 4.90 Å². The van der Waals surface area contributed by atoms with E-state index in [0.717, 1.165) is 37.9 Å². The van der Waals surface area contributed by atoms with Crippen LogP contribution in [0.5, 0.6) is 0 Å². The van der Waals surface area contributed by atoms with Gasteiger partial charge < -0.3 is 15.5 Å². The van der Waals surface area contributed by atoms with Gasteiger partial charge in [0, 0.05) is 19.6 Å². The van der Waals surface area contributed by atoms with Crippen LogP contribution >= 0.6 is 0 Å². The first-order valence-electron chi connectivity index (χ1n) is 8.36. The van der Waals surface area contributed by atoms with Crippen molar-refractivity contribution < 1.29 is 9.59 Å². The molecule has 3 rings (SSSR count). The molecule has 1 aromatic rings. The topological polar surface area (TPSA) is 66.6 Å². The van der Waals surface area contributed by atoms with Crippen LogP contribution in [-0.4, -0.2) is 41.8 Å². The number of likely N-dealkylation sites (N-methyl/N-ethyl adjacent to an activating group) is 1. The molecule has 0 spiro atoms. The molecule has 1 aromatic carbocycles. The van der Waals surface area contributed by atoms with Crippen molar-refractivity contribution in [2.75, 3.05) is 20.1 Å². The molecule has 0 aliphatic carbocycles. The molecule has 2 heterocycles. The second kappa shape index (κ2) is 6.32. The number of likely N-dealkylation sites (tertiary alicyclic amines) is 1. The van der Waals surface area contributed by atoms with Gasteiger partial charge in [0.05, 0.1) is 6.04 Å². The van der Waals surface area contributed by atoms with E-state index in [0.29, 0.717) is 12.5 Å². The zero-order valence-electron chi connectivity index (χ0n) is 13.9. The second-order valence-electron chi connectivity index (χ2n) is 7.04. The standard InChI is InChI=1S/C18H25N3O2/c1-12-3-6-16(21(10-12)18(23)17(19)22)14-4-5-15-11-20(2)8-7-13(15)9-14/h4-5,9,12,16H,3,6-8,10-11H2,1-2H3,(H2,19,22)/t12-,16+/m0/s1. The van der Waals surface area contributed by atoms with Crippen molar-refractivity contribution in [3.8, 4) is 0 Å². The molecule has 0 unspecified atom stereocenters. The van der Waals surface area contributed by atoms with Crippen LogP contribution in [0, 0.1) is 5.92 Å². The Morgan fingerprint density at radius 2 is 2.00 bits per heavy atom. The van der Waals surface area contributed by atoms with Crippen molar-refractivity contribution in [1.82, 2.24) is 9.80 Å². The molecule has 2 aliphatic rings. The summed E-state index contributed by atoms with van der Waals surface area (Å²) in [5, 5.41) is 0.